The molecule has 0 aromatic rings. The van der Waals surface area contributed by atoms with E-state index in [1.807, 2.05) is 4.90 Å². The zero-order valence-corrected chi connectivity index (χ0v) is 11.2. The van der Waals surface area contributed by atoms with Gasteiger partial charge in [0.25, 0.3) is 5.91 Å². The Kier molecular flexibility index (Phi) is 6.60. The van der Waals surface area contributed by atoms with Crippen molar-refractivity contribution in [2.45, 2.75) is 52.2 Å². The molecule has 0 heterocycles. The van der Waals surface area contributed by atoms with Crippen LogP contribution in [0.15, 0.2) is 0 Å². The molecule has 0 atom stereocenters. The van der Waals surface area contributed by atoms with Crippen molar-refractivity contribution < 1.29 is 9.53 Å². The molecule has 0 spiro atoms. The summed E-state index contributed by atoms with van der Waals surface area (Å²) in [5.41, 5.74) is 4.80. The first-order valence-corrected chi connectivity index (χ1v) is 6.00. The fraction of sp³-hybridized carbons (Fsp3) is 0.917. The fourth-order valence-corrected chi connectivity index (χ4v) is 1.75. The van der Waals surface area contributed by atoms with E-state index in [-0.39, 0.29) is 11.9 Å². The maximum absolute atomic E-state index is 12.3. The number of carbonyl (C=O) groups is 1. The van der Waals surface area contributed by atoms with Crippen LogP contribution in [0.4, 0.5) is 0 Å². The summed E-state index contributed by atoms with van der Waals surface area (Å²) in [5.74, 6) is 0.0224. The van der Waals surface area contributed by atoms with Gasteiger partial charge in [0.15, 0.2) is 0 Å². The van der Waals surface area contributed by atoms with Crippen LogP contribution in [0.1, 0.15) is 40.5 Å². The zero-order valence-electron chi connectivity index (χ0n) is 11.2. The molecule has 16 heavy (non-hydrogen) atoms. The molecule has 4 heteroatoms. The molecule has 0 aromatic heterocycles. The van der Waals surface area contributed by atoms with Crippen molar-refractivity contribution in [1.82, 2.24) is 4.90 Å². The SMILES string of the molecule is CCC(CC)N(CCN)C(=O)C(C)(C)OC. The van der Waals surface area contributed by atoms with Crippen LogP contribution in [0.5, 0.6) is 0 Å². The van der Waals surface area contributed by atoms with Crippen molar-refractivity contribution in [3.8, 4) is 0 Å². The standard InChI is InChI=1S/C12H26N2O2/c1-6-10(7-2)14(9-8-13)11(15)12(3,4)16-5/h10H,6-9,13H2,1-5H3. The summed E-state index contributed by atoms with van der Waals surface area (Å²) in [7, 11) is 1.56. The third-order valence-electron chi connectivity index (χ3n) is 3.04. The lowest BCUT2D eigenvalue weighted by molar-refractivity contribution is -0.153. The molecule has 1 amide bonds. The maximum atomic E-state index is 12.3. The number of methoxy groups -OCH3 is 1. The zero-order chi connectivity index (χ0) is 12.8. The summed E-state index contributed by atoms with van der Waals surface area (Å²) >= 11 is 0. The monoisotopic (exact) mass is 230 g/mol. The second kappa shape index (κ2) is 6.86. The molecule has 0 aliphatic heterocycles. The second-order valence-corrected chi connectivity index (χ2v) is 4.47. The lowest BCUT2D eigenvalue weighted by atomic mass is 10.0. The largest absolute Gasteiger partial charge is 0.369 e. The second-order valence-electron chi connectivity index (χ2n) is 4.47. The molecule has 0 saturated carbocycles. The van der Waals surface area contributed by atoms with E-state index >= 15 is 0 Å². The molecule has 96 valence electrons. The Bertz CT molecular complexity index is 213. The number of ether oxygens (including phenoxy) is 1. The Morgan fingerprint density at radius 1 is 1.38 bits per heavy atom. The van der Waals surface area contributed by atoms with Crippen LogP contribution in [0.3, 0.4) is 0 Å². The van der Waals surface area contributed by atoms with Gasteiger partial charge in [0.05, 0.1) is 0 Å². The maximum Gasteiger partial charge on any atom is 0.254 e. The summed E-state index contributed by atoms with van der Waals surface area (Å²) in [4.78, 5) is 14.1. The minimum Gasteiger partial charge on any atom is -0.369 e. The Hall–Kier alpha value is -0.610. The summed E-state index contributed by atoms with van der Waals surface area (Å²) in [6.07, 6.45) is 1.89. The Labute approximate surface area is 99.1 Å². The van der Waals surface area contributed by atoms with Gasteiger partial charge in [-0.05, 0) is 26.7 Å². The third kappa shape index (κ3) is 3.76. The molecular weight excluding hydrogens is 204 g/mol. The van der Waals surface area contributed by atoms with Crippen LogP contribution in [-0.2, 0) is 9.53 Å². The Morgan fingerprint density at radius 3 is 2.19 bits per heavy atom. The normalized spacial score (nSPS) is 11.9. The van der Waals surface area contributed by atoms with E-state index in [0.29, 0.717) is 13.1 Å². The van der Waals surface area contributed by atoms with Gasteiger partial charge >= 0.3 is 0 Å². The van der Waals surface area contributed by atoms with Crippen molar-refractivity contribution in [3.63, 3.8) is 0 Å². The summed E-state index contributed by atoms with van der Waals surface area (Å²) in [6.45, 7) is 8.85. The lowest BCUT2D eigenvalue weighted by Crippen LogP contribution is -2.52. The molecule has 0 unspecified atom stereocenters. The minimum atomic E-state index is -0.766. The molecule has 0 radical (unpaired) electrons. The number of nitrogens with two attached hydrogens (primary N) is 1. The molecule has 4 nitrogen and oxygen atoms in total. The van der Waals surface area contributed by atoms with Gasteiger partial charge in [-0.25, -0.2) is 0 Å². The van der Waals surface area contributed by atoms with Gasteiger partial charge in [0, 0.05) is 26.2 Å². The van der Waals surface area contributed by atoms with Gasteiger partial charge in [-0.1, -0.05) is 13.8 Å². The molecule has 0 aliphatic carbocycles. The number of rotatable bonds is 7. The lowest BCUT2D eigenvalue weighted by Gasteiger charge is -2.36. The highest BCUT2D eigenvalue weighted by atomic mass is 16.5. The minimum absolute atomic E-state index is 0.0224. The highest BCUT2D eigenvalue weighted by molar-refractivity contribution is 5.84. The smallest absolute Gasteiger partial charge is 0.254 e. The highest BCUT2D eigenvalue weighted by Gasteiger charge is 2.33. The molecule has 0 fully saturated rings. The van der Waals surface area contributed by atoms with Gasteiger partial charge in [-0.3, -0.25) is 4.79 Å². The number of hydrogen-bond acceptors (Lipinski definition) is 3. The average molecular weight is 230 g/mol. The van der Waals surface area contributed by atoms with E-state index in [0.717, 1.165) is 12.8 Å². The average Bonchev–Trinajstić information content (AvgIpc) is 2.28. The third-order valence-corrected chi connectivity index (χ3v) is 3.04. The molecule has 0 saturated heterocycles. The topological polar surface area (TPSA) is 55.6 Å². The fourth-order valence-electron chi connectivity index (χ4n) is 1.75. The van der Waals surface area contributed by atoms with Crippen molar-refractivity contribution in [1.29, 1.82) is 0 Å². The van der Waals surface area contributed by atoms with Gasteiger partial charge in [0.2, 0.25) is 0 Å². The van der Waals surface area contributed by atoms with Crippen molar-refractivity contribution >= 4 is 5.91 Å². The van der Waals surface area contributed by atoms with E-state index in [2.05, 4.69) is 13.8 Å². The van der Waals surface area contributed by atoms with Crippen molar-refractivity contribution in [2.24, 2.45) is 5.73 Å². The van der Waals surface area contributed by atoms with Crippen molar-refractivity contribution in [3.05, 3.63) is 0 Å². The molecule has 0 aromatic carbocycles. The van der Waals surface area contributed by atoms with E-state index < -0.39 is 5.60 Å². The molecule has 0 aliphatic rings. The first-order chi connectivity index (χ1) is 7.44. The Morgan fingerprint density at radius 2 is 1.88 bits per heavy atom. The van der Waals surface area contributed by atoms with Crippen LogP contribution in [0.25, 0.3) is 0 Å². The number of amides is 1. The molecule has 0 rings (SSSR count). The van der Waals surface area contributed by atoms with Gasteiger partial charge in [-0.2, -0.15) is 0 Å². The van der Waals surface area contributed by atoms with Crippen LogP contribution in [-0.4, -0.2) is 42.6 Å². The van der Waals surface area contributed by atoms with Crippen molar-refractivity contribution in [2.75, 3.05) is 20.2 Å². The van der Waals surface area contributed by atoms with Gasteiger partial charge in [0.1, 0.15) is 5.60 Å². The number of nitrogens with zero attached hydrogens (tertiary/aromatic N) is 1. The predicted molar refractivity (Wildman–Crippen MR) is 66.2 cm³/mol. The molecule has 2 N–H and O–H groups in total. The van der Waals surface area contributed by atoms with Crippen LogP contribution in [0.2, 0.25) is 0 Å². The predicted octanol–water partition coefficient (Wildman–Crippen LogP) is 1.39. The molecular formula is C12H26N2O2. The number of hydrogen-bond donors (Lipinski definition) is 1. The first-order valence-electron chi connectivity index (χ1n) is 6.00. The van der Waals surface area contributed by atoms with Crippen LogP contribution in [0, 0.1) is 0 Å². The highest BCUT2D eigenvalue weighted by Crippen LogP contribution is 2.17. The van der Waals surface area contributed by atoms with E-state index in [1.165, 1.54) is 0 Å². The summed E-state index contributed by atoms with van der Waals surface area (Å²) in [5, 5.41) is 0. The summed E-state index contributed by atoms with van der Waals surface area (Å²) < 4.78 is 5.23. The van der Waals surface area contributed by atoms with Crippen LogP contribution < -0.4 is 5.73 Å². The summed E-state index contributed by atoms with van der Waals surface area (Å²) in [6, 6.07) is 0.255. The van der Waals surface area contributed by atoms with Gasteiger partial charge < -0.3 is 15.4 Å². The molecule has 0 bridgehead atoms. The van der Waals surface area contributed by atoms with Gasteiger partial charge in [-0.15, -0.1) is 0 Å². The van der Waals surface area contributed by atoms with E-state index in [9.17, 15) is 4.79 Å². The van der Waals surface area contributed by atoms with Crippen LogP contribution >= 0.6 is 0 Å². The van der Waals surface area contributed by atoms with E-state index in [1.54, 1.807) is 21.0 Å². The quantitative estimate of drug-likeness (QED) is 0.719. The first kappa shape index (κ1) is 15.4. The number of carbonyl (C=O) groups excluding carboxylic acids is 1. The van der Waals surface area contributed by atoms with E-state index in [4.69, 9.17) is 10.5 Å². The Balaban J connectivity index is 4.83.